The Labute approximate surface area is 121 Å². The minimum absolute atomic E-state index is 0.289. The molecule has 0 saturated carbocycles. The second-order valence-corrected chi connectivity index (χ2v) is 4.77. The van der Waals surface area contributed by atoms with Gasteiger partial charge in [0, 0.05) is 13.1 Å². The van der Waals surface area contributed by atoms with Gasteiger partial charge in [-0.05, 0) is 26.0 Å². The SMILES string of the molecule is Cc1nn(C)c(C)c1NC(=O)c1cc(-c2ccco2)[nH]n1. The van der Waals surface area contributed by atoms with Crippen molar-refractivity contribution in [2.75, 3.05) is 5.32 Å². The Morgan fingerprint density at radius 1 is 1.43 bits per heavy atom. The fraction of sp³-hybridized carbons (Fsp3) is 0.214. The van der Waals surface area contributed by atoms with Gasteiger partial charge in [-0.2, -0.15) is 10.2 Å². The number of nitrogens with one attached hydrogen (secondary N) is 2. The monoisotopic (exact) mass is 285 g/mol. The highest BCUT2D eigenvalue weighted by Gasteiger charge is 2.17. The highest BCUT2D eigenvalue weighted by Crippen LogP contribution is 2.21. The topological polar surface area (TPSA) is 88.7 Å². The first-order valence-electron chi connectivity index (χ1n) is 6.47. The lowest BCUT2D eigenvalue weighted by Gasteiger charge is -2.03. The molecule has 1 amide bonds. The summed E-state index contributed by atoms with van der Waals surface area (Å²) in [5, 5.41) is 13.9. The Hall–Kier alpha value is -2.83. The van der Waals surface area contributed by atoms with E-state index in [0.29, 0.717) is 22.8 Å². The van der Waals surface area contributed by atoms with E-state index in [9.17, 15) is 4.79 Å². The number of aromatic amines is 1. The normalized spacial score (nSPS) is 10.8. The van der Waals surface area contributed by atoms with Crippen LogP contribution in [0.25, 0.3) is 11.5 Å². The summed E-state index contributed by atoms with van der Waals surface area (Å²) >= 11 is 0. The summed E-state index contributed by atoms with van der Waals surface area (Å²) in [7, 11) is 1.83. The Morgan fingerprint density at radius 3 is 2.86 bits per heavy atom. The quantitative estimate of drug-likeness (QED) is 0.772. The molecule has 21 heavy (non-hydrogen) atoms. The number of aromatic nitrogens is 4. The molecule has 3 rings (SSSR count). The van der Waals surface area contributed by atoms with Gasteiger partial charge in [0.15, 0.2) is 11.5 Å². The fourth-order valence-electron chi connectivity index (χ4n) is 2.13. The number of furan rings is 1. The van der Waals surface area contributed by atoms with Crippen molar-refractivity contribution in [2.45, 2.75) is 13.8 Å². The van der Waals surface area contributed by atoms with Crippen molar-refractivity contribution in [3.05, 3.63) is 41.5 Å². The highest BCUT2D eigenvalue weighted by atomic mass is 16.3. The number of amides is 1. The molecule has 0 aromatic carbocycles. The Balaban J connectivity index is 1.83. The first-order valence-corrected chi connectivity index (χ1v) is 6.47. The van der Waals surface area contributed by atoms with Gasteiger partial charge in [-0.1, -0.05) is 0 Å². The zero-order valence-electron chi connectivity index (χ0n) is 12.0. The number of carbonyl (C=O) groups excluding carboxylic acids is 1. The maximum atomic E-state index is 12.2. The van der Waals surface area contributed by atoms with E-state index in [0.717, 1.165) is 11.4 Å². The third kappa shape index (κ3) is 2.33. The van der Waals surface area contributed by atoms with Gasteiger partial charge in [-0.25, -0.2) is 0 Å². The zero-order chi connectivity index (χ0) is 15.0. The number of hydrogen-bond acceptors (Lipinski definition) is 4. The molecule has 0 unspecified atom stereocenters. The first-order chi connectivity index (χ1) is 10.1. The van der Waals surface area contributed by atoms with Gasteiger partial charge in [-0.15, -0.1) is 0 Å². The molecule has 0 bridgehead atoms. The number of hydrogen-bond donors (Lipinski definition) is 2. The van der Waals surface area contributed by atoms with Crippen LogP contribution in [0.2, 0.25) is 0 Å². The van der Waals surface area contributed by atoms with Gasteiger partial charge in [0.1, 0.15) is 5.69 Å². The van der Waals surface area contributed by atoms with E-state index < -0.39 is 0 Å². The molecule has 3 aromatic rings. The average Bonchev–Trinajstić information content (AvgIpc) is 3.15. The Morgan fingerprint density at radius 2 is 2.24 bits per heavy atom. The summed E-state index contributed by atoms with van der Waals surface area (Å²) in [6.45, 7) is 3.75. The Bertz CT molecular complexity index is 783. The molecule has 2 N–H and O–H groups in total. The van der Waals surface area contributed by atoms with Crippen LogP contribution in [0.4, 0.5) is 5.69 Å². The molecule has 0 aliphatic heterocycles. The third-order valence-corrected chi connectivity index (χ3v) is 3.34. The van der Waals surface area contributed by atoms with Crippen LogP contribution in [-0.2, 0) is 7.05 Å². The van der Waals surface area contributed by atoms with Crippen molar-refractivity contribution in [3.8, 4) is 11.5 Å². The lowest BCUT2D eigenvalue weighted by molar-refractivity contribution is 0.102. The lowest BCUT2D eigenvalue weighted by Crippen LogP contribution is -2.13. The van der Waals surface area contributed by atoms with Gasteiger partial charge in [-0.3, -0.25) is 14.6 Å². The van der Waals surface area contributed by atoms with E-state index in [1.54, 1.807) is 29.1 Å². The van der Waals surface area contributed by atoms with Crippen molar-refractivity contribution < 1.29 is 9.21 Å². The second-order valence-electron chi connectivity index (χ2n) is 4.77. The van der Waals surface area contributed by atoms with Crippen LogP contribution in [-0.4, -0.2) is 25.9 Å². The molecule has 3 aromatic heterocycles. The van der Waals surface area contributed by atoms with Gasteiger partial charge in [0.2, 0.25) is 0 Å². The number of carbonyl (C=O) groups is 1. The number of nitrogens with zero attached hydrogens (tertiary/aromatic N) is 3. The van der Waals surface area contributed by atoms with Crippen LogP contribution >= 0.6 is 0 Å². The van der Waals surface area contributed by atoms with E-state index >= 15 is 0 Å². The maximum Gasteiger partial charge on any atom is 0.276 e. The van der Waals surface area contributed by atoms with Crippen LogP contribution in [0.1, 0.15) is 21.9 Å². The number of aryl methyl sites for hydroxylation is 2. The van der Waals surface area contributed by atoms with Crippen molar-refractivity contribution in [1.82, 2.24) is 20.0 Å². The molecule has 0 saturated heterocycles. The molecule has 0 radical (unpaired) electrons. The number of H-pyrrole nitrogens is 1. The standard InChI is InChI=1S/C14H15N5O2/c1-8-13(9(2)19(3)18-8)15-14(20)11-7-10(16-17-11)12-5-4-6-21-12/h4-7H,1-3H3,(H,15,20)(H,16,17). The highest BCUT2D eigenvalue weighted by molar-refractivity contribution is 6.04. The molecule has 0 atom stereocenters. The minimum Gasteiger partial charge on any atom is -0.463 e. The van der Waals surface area contributed by atoms with Crippen molar-refractivity contribution in [1.29, 1.82) is 0 Å². The molecule has 3 heterocycles. The summed E-state index contributed by atoms with van der Waals surface area (Å²) in [5.74, 6) is 0.346. The smallest absolute Gasteiger partial charge is 0.276 e. The molecular formula is C14H15N5O2. The molecular weight excluding hydrogens is 270 g/mol. The van der Waals surface area contributed by atoms with Crippen LogP contribution in [0.3, 0.4) is 0 Å². The molecule has 0 aliphatic rings. The van der Waals surface area contributed by atoms with Gasteiger partial charge in [0.05, 0.1) is 23.3 Å². The molecule has 0 aliphatic carbocycles. The number of rotatable bonds is 3. The first kappa shape index (κ1) is 13.2. The van der Waals surface area contributed by atoms with Crippen LogP contribution in [0.5, 0.6) is 0 Å². The molecule has 7 heteroatoms. The van der Waals surface area contributed by atoms with Gasteiger partial charge in [0.25, 0.3) is 5.91 Å². The van der Waals surface area contributed by atoms with E-state index in [1.807, 2.05) is 20.9 Å². The summed E-state index contributed by atoms with van der Waals surface area (Å²) in [5.41, 5.74) is 3.33. The molecule has 0 spiro atoms. The Kier molecular flexibility index (Phi) is 3.09. The van der Waals surface area contributed by atoms with Crippen LogP contribution in [0, 0.1) is 13.8 Å². The van der Waals surface area contributed by atoms with Crippen LogP contribution < -0.4 is 5.32 Å². The molecule has 7 nitrogen and oxygen atoms in total. The molecule has 0 fully saturated rings. The largest absolute Gasteiger partial charge is 0.463 e. The summed E-state index contributed by atoms with van der Waals surface area (Å²) in [6.07, 6.45) is 1.57. The third-order valence-electron chi connectivity index (χ3n) is 3.34. The van der Waals surface area contributed by atoms with Crippen molar-refractivity contribution >= 4 is 11.6 Å². The van der Waals surface area contributed by atoms with Crippen LogP contribution in [0.15, 0.2) is 28.9 Å². The average molecular weight is 285 g/mol. The second kappa shape index (κ2) is 4.93. The van der Waals surface area contributed by atoms with Crippen molar-refractivity contribution in [2.24, 2.45) is 7.05 Å². The van der Waals surface area contributed by atoms with E-state index in [-0.39, 0.29) is 5.91 Å². The number of anilines is 1. The summed E-state index contributed by atoms with van der Waals surface area (Å²) in [6, 6.07) is 5.22. The molecule has 108 valence electrons. The summed E-state index contributed by atoms with van der Waals surface area (Å²) < 4.78 is 6.98. The lowest BCUT2D eigenvalue weighted by atomic mass is 10.2. The van der Waals surface area contributed by atoms with Gasteiger partial charge >= 0.3 is 0 Å². The van der Waals surface area contributed by atoms with Gasteiger partial charge < -0.3 is 9.73 Å². The van der Waals surface area contributed by atoms with E-state index in [2.05, 4.69) is 20.6 Å². The van der Waals surface area contributed by atoms with Crippen molar-refractivity contribution in [3.63, 3.8) is 0 Å². The predicted octanol–water partition coefficient (Wildman–Crippen LogP) is 2.27. The van der Waals surface area contributed by atoms with E-state index in [1.165, 1.54) is 0 Å². The minimum atomic E-state index is -0.289. The maximum absolute atomic E-state index is 12.2. The van der Waals surface area contributed by atoms with E-state index in [4.69, 9.17) is 4.42 Å². The zero-order valence-corrected chi connectivity index (χ0v) is 12.0. The fourth-order valence-corrected chi connectivity index (χ4v) is 2.13. The summed E-state index contributed by atoms with van der Waals surface area (Å²) in [4.78, 5) is 12.2. The predicted molar refractivity (Wildman–Crippen MR) is 76.9 cm³/mol.